The number of carbonyl (C=O) groups excluding carboxylic acids is 1. The van der Waals surface area contributed by atoms with Crippen molar-refractivity contribution in [2.45, 2.75) is 32.1 Å². The molecule has 2 fully saturated rings. The molecule has 0 radical (unpaired) electrons. The first-order valence-electron chi connectivity index (χ1n) is 9.09. The molecule has 1 amide bonds. The fourth-order valence-electron chi connectivity index (χ4n) is 4.30. The minimum atomic E-state index is 0.228. The third kappa shape index (κ3) is 3.41. The number of nitrogens with zero attached hydrogens (tertiary/aromatic N) is 1. The lowest BCUT2D eigenvalue weighted by molar-refractivity contribution is -0.126. The molecule has 25 heavy (non-hydrogen) atoms. The summed E-state index contributed by atoms with van der Waals surface area (Å²) >= 11 is 0. The van der Waals surface area contributed by atoms with Crippen LogP contribution in [0.25, 0.3) is 11.5 Å². The normalized spacial score (nSPS) is 24.4. The first kappa shape index (κ1) is 16.2. The highest BCUT2D eigenvalue weighted by Gasteiger charge is 2.42. The van der Waals surface area contributed by atoms with Crippen LogP contribution in [-0.4, -0.2) is 24.5 Å². The van der Waals surface area contributed by atoms with Gasteiger partial charge in [-0.05, 0) is 55.4 Å². The fourth-order valence-corrected chi connectivity index (χ4v) is 4.30. The van der Waals surface area contributed by atoms with Gasteiger partial charge in [0.25, 0.3) is 0 Å². The van der Waals surface area contributed by atoms with Crippen LogP contribution in [0.2, 0.25) is 0 Å². The van der Waals surface area contributed by atoms with Crippen molar-refractivity contribution in [3.05, 3.63) is 36.2 Å². The molecule has 0 spiro atoms. The van der Waals surface area contributed by atoms with Crippen LogP contribution in [0.1, 0.15) is 31.4 Å². The van der Waals surface area contributed by atoms with E-state index in [-0.39, 0.29) is 11.8 Å². The molecule has 3 atom stereocenters. The third-order valence-corrected chi connectivity index (χ3v) is 5.64. The van der Waals surface area contributed by atoms with Crippen molar-refractivity contribution in [2.75, 3.05) is 13.7 Å². The Morgan fingerprint density at radius 3 is 2.80 bits per heavy atom. The van der Waals surface area contributed by atoms with E-state index in [2.05, 4.69) is 10.3 Å². The predicted octanol–water partition coefficient (Wildman–Crippen LogP) is 3.45. The maximum absolute atomic E-state index is 12.3. The van der Waals surface area contributed by atoms with E-state index in [9.17, 15) is 4.79 Å². The topological polar surface area (TPSA) is 64.4 Å². The Balaban J connectivity index is 1.28. The molecule has 2 saturated carbocycles. The zero-order valence-corrected chi connectivity index (χ0v) is 14.5. The third-order valence-electron chi connectivity index (χ3n) is 5.64. The number of ether oxygens (including phenoxy) is 1. The van der Waals surface area contributed by atoms with Crippen molar-refractivity contribution < 1.29 is 13.9 Å². The van der Waals surface area contributed by atoms with E-state index >= 15 is 0 Å². The summed E-state index contributed by atoms with van der Waals surface area (Å²) in [4.78, 5) is 16.9. The second kappa shape index (κ2) is 6.90. The molecule has 2 aliphatic rings. The molecule has 1 aromatic carbocycles. The van der Waals surface area contributed by atoms with Gasteiger partial charge in [-0.3, -0.25) is 4.79 Å². The molecule has 1 aromatic heterocycles. The Hall–Kier alpha value is -2.30. The lowest BCUT2D eigenvalue weighted by atomic mass is 9.88. The van der Waals surface area contributed by atoms with Crippen LogP contribution in [0, 0.1) is 17.8 Å². The quantitative estimate of drug-likeness (QED) is 0.875. The smallest absolute Gasteiger partial charge is 0.226 e. The van der Waals surface area contributed by atoms with Crippen molar-refractivity contribution in [1.29, 1.82) is 0 Å². The number of amides is 1. The van der Waals surface area contributed by atoms with Crippen LogP contribution in [0.3, 0.4) is 0 Å². The van der Waals surface area contributed by atoms with E-state index in [1.165, 1.54) is 19.3 Å². The first-order valence-corrected chi connectivity index (χ1v) is 9.09. The average Bonchev–Trinajstić information content (AvgIpc) is 3.38. The number of aromatic nitrogens is 1. The summed E-state index contributed by atoms with van der Waals surface area (Å²) in [5.41, 5.74) is 1.78. The van der Waals surface area contributed by atoms with E-state index < -0.39 is 0 Å². The largest absolute Gasteiger partial charge is 0.497 e. The van der Waals surface area contributed by atoms with Crippen LogP contribution in [0.15, 0.2) is 34.9 Å². The Kier molecular flexibility index (Phi) is 4.47. The molecule has 3 unspecified atom stereocenters. The van der Waals surface area contributed by atoms with Gasteiger partial charge in [0.15, 0.2) is 0 Å². The summed E-state index contributed by atoms with van der Waals surface area (Å²) in [6.07, 6.45) is 7.25. The van der Waals surface area contributed by atoms with Crippen LogP contribution in [0.4, 0.5) is 0 Å². The minimum absolute atomic E-state index is 0.228. The number of carbonyl (C=O) groups is 1. The Labute approximate surface area is 147 Å². The van der Waals surface area contributed by atoms with Crippen LogP contribution in [-0.2, 0) is 11.2 Å². The van der Waals surface area contributed by atoms with E-state index in [1.54, 1.807) is 13.4 Å². The van der Waals surface area contributed by atoms with Gasteiger partial charge >= 0.3 is 0 Å². The Morgan fingerprint density at radius 2 is 2.12 bits per heavy atom. The number of rotatable bonds is 6. The lowest BCUT2D eigenvalue weighted by Gasteiger charge is -2.20. The van der Waals surface area contributed by atoms with Crippen molar-refractivity contribution in [3.63, 3.8) is 0 Å². The molecule has 132 valence electrons. The van der Waals surface area contributed by atoms with E-state index in [0.717, 1.165) is 29.3 Å². The molecular weight excluding hydrogens is 316 g/mol. The monoisotopic (exact) mass is 340 g/mol. The number of fused-ring (bicyclic) bond motifs is 2. The summed E-state index contributed by atoms with van der Waals surface area (Å²) in [6.45, 7) is 0.612. The van der Waals surface area contributed by atoms with Crippen molar-refractivity contribution >= 4 is 5.91 Å². The number of hydrogen-bond donors (Lipinski definition) is 1. The summed E-state index contributed by atoms with van der Waals surface area (Å²) < 4.78 is 10.7. The highest BCUT2D eigenvalue weighted by Crippen LogP contribution is 2.48. The van der Waals surface area contributed by atoms with E-state index in [4.69, 9.17) is 9.15 Å². The molecular formula is C20H24N2O3. The molecule has 2 aliphatic carbocycles. The van der Waals surface area contributed by atoms with E-state index in [0.29, 0.717) is 24.8 Å². The van der Waals surface area contributed by atoms with Gasteiger partial charge in [0, 0.05) is 24.4 Å². The van der Waals surface area contributed by atoms with Crippen molar-refractivity contribution in [2.24, 2.45) is 17.8 Å². The molecule has 2 bridgehead atoms. The molecule has 1 heterocycles. The van der Waals surface area contributed by atoms with Gasteiger partial charge in [-0.15, -0.1) is 0 Å². The van der Waals surface area contributed by atoms with Crippen LogP contribution < -0.4 is 10.1 Å². The maximum atomic E-state index is 12.3. The van der Waals surface area contributed by atoms with Crippen LogP contribution in [0.5, 0.6) is 5.75 Å². The summed E-state index contributed by atoms with van der Waals surface area (Å²) in [6, 6.07) is 7.61. The fraction of sp³-hybridized carbons (Fsp3) is 0.500. The Bertz CT molecular complexity index is 738. The van der Waals surface area contributed by atoms with Gasteiger partial charge in [-0.25, -0.2) is 4.98 Å². The molecule has 4 rings (SSSR count). The van der Waals surface area contributed by atoms with Gasteiger partial charge in [0.1, 0.15) is 12.0 Å². The number of benzene rings is 1. The van der Waals surface area contributed by atoms with Gasteiger partial charge in [0.2, 0.25) is 11.8 Å². The maximum Gasteiger partial charge on any atom is 0.226 e. The minimum Gasteiger partial charge on any atom is -0.497 e. The SMILES string of the molecule is COc1ccc(-c2nc(CCNC(=O)C3CC4CCC3C4)co2)cc1. The number of oxazole rings is 1. The standard InChI is InChI=1S/C20H24N2O3/c1-24-17-6-4-14(5-7-17)20-22-16(12-25-20)8-9-21-19(23)18-11-13-2-3-15(18)10-13/h4-7,12-13,15,18H,2-3,8-11H2,1H3,(H,21,23). The average molecular weight is 340 g/mol. The number of methoxy groups -OCH3 is 1. The molecule has 1 N–H and O–H groups in total. The van der Waals surface area contributed by atoms with E-state index in [1.807, 2.05) is 24.3 Å². The number of nitrogens with one attached hydrogen (secondary N) is 1. The van der Waals surface area contributed by atoms with Gasteiger partial charge in [-0.2, -0.15) is 0 Å². The molecule has 2 aromatic rings. The number of hydrogen-bond acceptors (Lipinski definition) is 4. The molecule has 0 aliphatic heterocycles. The van der Waals surface area contributed by atoms with Crippen molar-refractivity contribution in [1.82, 2.24) is 10.3 Å². The highest BCUT2D eigenvalue weighted by molar-refractivity contribution is 5.79. The van der Waals surface area contributed by atoms with Gasteiger partial charge < -0.3 is 14.5 Å². The summed E-state index contributed by atoms with van der Waals surface area (Å²) in [5.74, 6) is 3.29. The predicted molar refractivity (Wildman–Crippen MR) is 94.1 cm³/mol. The molecule has 0 saturated heterocycles. The molecule has 5 nitrogen and oxygen atoms in total. The summed E-state index contributed by atoms with van der Waals surface area (Å²) in [7, 11) is 1.64. The zero-order valence-electron chi connectivity index (χ0n) is 14.5. The Morgan fingerprint density at radius 1 is 1.28 bits per heavy atom. The summed E-state index contributed by atoms with van der Waals surface area (Å²) in [5, 5.41) is 3.08. The van der Waals surface area contributed by atoms with Gasteiger partial charge in [0.05, 0.1) is 12.8 Å². The van der Waals surface area contributed by atoms with Crippen molar-refractivity contribution in [3.8, 4) is 17.2 Å². The lowest BCUT2D eigenvalue weighted by Crippen LogP contribution is -2.34. The second-order valence-corrected chi connectivity index (χ2v) is 7.19. The zero-order chi connectivity index (χ0) is 17.2. The van der Waals surface area contributed by atoms with Crippen LogP contribution >= 0.6 is 0 Å². The highest BCUT2D eigenvalue weighted by atomic mass is 16.5. The molecule has 5 heteroatoms. The van der Waals surface area contributed by atoms with Gasteiger partial charge in [-0.1, -0.05) is 6.42 Å². The first-order chi connectivity index (χ1) is 12.2. The second-order valence-electron chi connectivity index (χ2n) is 7.19.